The number of aromatic nitrogens is 2. The van der Waals surface area contributed by atoms with E-state index in [-0.39, 0.29) is 5.91 Å². The van der Waals surface area contributed by atoms with E-state index >= 15 is 0 Å². The van der Waals surface area contributed by atoms with E-state index in [9.17, 15) is 4.79 Å². The molecule has 1 atom stereocenters. The Morgan fingerprint density at radius 1 is 1.39 bits per heavy atom. The first kappa shape index (κ1) is 15.7. The molecule has 0 spiro atoms. The number of carbonyl (C=O) groups is 1. The van der Waals surface area contributed by atoms with Crippen molar-refractivity contribution in [1.29, 1.82) is 0 Å². The van der Waals surface area contributed by atoms with Crippen LogP contribution in [0.5, 0.6) is 0 Å². The summed E-state index contributed by atoms with van der Waals surface area (Å²) in [5, 5.41) is 7.35. The summed E-state index contributed by atoms with van der Waals surface area (Å²) < 4.78 is 1.79. The minimum atomic E-state index is 0.0103. The number of amides is 1. The summed E-state index contributed by atoms with van der Waals surface area (Å²) >= 11 is 0. The lowest BCUT2D eigenvalue weighted by Gasteiger charge is -2.24. The summed E-state index contributed by atoms with van der Waals surface area (Å²) in [6.07, 6.45) is 2.17. The Labute approximate surface area is 137 Å². The molecule has 1 N–H and O–H groups in total. The SMILES string of the molecule is Cc1nn(C)c(C)c1NC(=O)CN(C)[C@H]1CCc2ccccc21. The third-order valence-corrected chi connectivity index (χ3v) is 4.80. The van der Waals surface area contributed by atoms with Crippen LogP contribution >= 0.6 is 0 Å². The van der Waals surface area contributed by atoms with Crippen molar-refractivity contribution in [2.24, 2.45) is 7.05 Å². The Balaban J connectivity index is 1.67. The van der Waals surface area contributed by atoms with Crippen molar-refractivity contribution in [3.8, 4) is 0 Å². The van der Waals surface area contributed by atoms with Gasteiger partial charge in [-0.25, -0.2) is 0 Å². The topological polar surface area (TPSA) is 50.2 Å². The summed E-state index contributed by atoms with van der Waals surface area (Å²) in [6.45, 7) is 4.26. The number of aryl methyl sites for hydroxylation is 3. The van der Waals surface area contributed by atoms with Crippen LogP contribution in [-0.4, -0.2) is 34.2 Å². The van der Waals surface area contributed by atoms with Crippen LogP contribution < -0.4 is 5.32 Å². The van der Waals surface area contributed by atoms with E-state index in [0.717, 1.165) is 29.9 Å². The van der Waals surface area contributed by atoms with Gasteiger partial charge in [0.15, 0.2) is 0 Å². The minimum Gasteiger partial charge on any atom is -0.322 e. The zero-order valence-corrected chi connectivity index (χ0v) is 14.3. The van der Waals surface area contributed by atoms with Crippen LogP contribution in [0.3, 0.4) is 0 Å². The molecule has 0 radical (unpaired) electrons. The Bertz CT molecular complexity index is 735. The number of nitrogens with zero attached hydrogens (tertiary/aromatic N) is 3. The lowest BCUT2D eigenvalue weighted by Crippen LogP contribution is -2.32. The Morgan fingerprint density at radius 2 is 2.13 bits per heavy atom. The van der Waals surface area contributed by atoms with E-state index in [2.05, 4.69) is 39.6 Å². The largest absolute Gasteiger partial charge is 0.322 e. The maximum atomic E-state index is 12.4. The average Bonchev–Trinajstić information content (AvgIpc) is 3.04. The van der Waals surface area contributed by atoms with Gasteiger partial charge in [-0.15, -0.1) is 0 Å². The molecule has 0 saturated heterocycles. The van der Waals surface area contributed by atoms with Gasteiger partial charge in [-0.2, -0.15) is 5.10 Å². The number of likely N-dealkylation sites (N-methyl/N-ethyl adjacent to an activating group) is 1. The standard InChI is InChI=1S/C18H24N4O/c1-12-18(13(2)22(4)20-12)19-17(23)11-21(3)16-10-9-14-7-5-6-8-15(14)16/h5-8,16H,9-11H2,1-4H3,(H,19,23)/t16-/m0/s1. The van der Waals surface area contributed by atoms with Gasteiger partial charge in [0.2, 0.25) is 5.91 Å². The zero-order chi connectivity index (χ0) is 16.6. The fourth-order valence-corrected chi connectivity index (χ4v) is 3.46. The number of rotatable bonds is 4. The predicted molar refractivity (Wildman–Crippen MR) is 91.4 cm³/mol. The second-order valence-electron chi connectivity index (χ2n) is 6.39. The lowest BCUT2D eigenvalue weighted by molar-refractivity contribution is -0.117. The Hall–Kier alpha value is -2.14. The summed E-state index contributed by atoms with van der Waals surface area (Å²) in [5.41, 5.74) is 5.43. The van der Waals surface area contributed by atoms with Gasteiger partial charge >= 0.3 is 0 Å². The molecule has 23 heavy (non-hydrogen) atoms. The van der Waals surface area contributed by atoms with Crippen molar-refractivity contribution in [1.82, 2.24) is 14.7 Å². The molecule has 1 aromatic carbocycles. The molecule has 0 saturated carbocycles. The molecular weight excluding hydrogens is 288 g/mol. The van der Waals surface area contributed by atoms with E-state index in [1.165, 1.54) is 11.1 Å². The highest BCUT2D eigenvalue weighted by atomic mass is 16.2. The van der Waals surface area contributed by atoms with E-state index in [4.69, 9.17) is 0 Å². The maximum Gasteiger partial charge on any atom is 0.238 e. The summed E-state index contributed by atoms with van der Waals surface area (Å²) in [7, 11) is 3.91. The molecule has 0 aliphatic heterocycles. The fraction of sp³-hybridized carbons (Fsp3) is 0.444. The monoisotopic (exact) mass is 312 g/mol. The van der Waals surface area contributed by atoms with Crippen LogP contribution in [0.25, 0.3) is 0 Å². The average molecular weight is 312 g/mol. The summed E-state index contributed by atoms with van der Waals surface area (Å²) in [5.74, 6) is 0.0103. The molecule has 1 aliphatic rings. The van der Waals surface area contributed by atoms with Crippen molar-refractivity contribution < 1.29 is 4.79 Å². The van der Waals surface area contributed by atoms with Crippen LogP contribution in [-0.2, 0) is 18.3 Å². The molecule has 2 aromatic rings. The van der Waals surface area contributed by atoms with E-state index in [1.54, 1.807) is 4.68 Å². The number of carbonyl (C=O) groups excluding carboxylic acids is 1. The highest BCUT2D eigenvalue weighted by Gasteiger charge is 2.26. The first-order chi connectivity index (χ1) is 11.0. The smallest absolute Gasteiger partial charge is 0.238 e. The first-order valence-electron chi connectivity index (χ1n) is 8.05. The molecule has 122 valence electrons. The van der Waals surface area contributed by atoms with Crippen molar-refractivity contribution in [3.05, 3.63) is 46.8 Å². The quantitative estimate of drug-likeness (QED) is 0.944. The Morgan fingerprint density at radius 3 is 2.83 bits per heavy atom. The van der Waals surface area contributed by atoms with Crippen molar-refractivity contribution in [2.45, 2.75) is 32.7 Å². The van der Waals surface area contributed by atoms with Crippen molar-refractivity contribution >= 4 is 11.6 Å². The normalized spacial score (nSPS) is 16.7. The molecule has 1 amide bonds. The van der Waals surface area contributed by atoms with E-state index in [1.807, 2.05) is 27.9 Å². The zero-order valence-electron chi connectivity index (χ0n) is 14.3. The summed E-state index contributed by atoms with van der Waals surface area (Å²) in [4.78, 5) is 14.6. The van der Waals surface area contributed by atoms with Gasteiger partial charge in [-0.05, 0) is 44.9 Å². The molecular formula is C18H24N4O. The molecule has 0 bridgehead atoms. The number of anilines is 1. The highest BCUT2D eigenvalue weighted by molar-refractivity contribution is 5.93. The molecule has 1 heterocycles. The van der Waals surface area contributed by atoms with Gasteiger partial charge in [-0.3, -0.25) is 14.4 Å². The first-order valence-corrected chi connectivity index (χ1v) is 8.05. The third kappa shape index (κ3) is 3.01. The maximum absolute atomic E-state index is 12.4. The summed E-state index contributed by atoms with van der Waals surface area (Å²) in [6, 6.07) is 8.85. The highest BCUT2D eigenvalue weighted by Crippen LogP contribution is 2.34. The molecule has 0 unspecified atom stereocenters. The fourth-order valence-electron chi connectivity index (χ4n) is 3.46. The van der Waals surface area contributed by atoms with Gasteiger partial charge in [0.25, 0.3) is 0 Å². The molecule has 1 aromatic heterocycles. The number of nitrogens with one attached hydrogen (secondary N) is 1. The number of benzene rings is 1. The Kier molecular flexibility index (Phi) is 4.22. The van der Waals surface area contributed by atoms with E-state index in [0.29, 0.717) is 12.6 Å². The number of hydrogen-bond donors (Lipinski definition) is 1. The van der Waals surface area contributed by atoms with Crippen LogP contribution in [0, 0.1) is 13.8 Å². The van der Waals surface area contributed by atoms with Crippen molar-refractivity contribution in [2.75, 3.05) is 18.9 Å². The van der Waals surface area contributed by atoms with Gasteiger partial charge in [0, 0.05) is 13.1 Å². The van der Waals surface area contributed by atoms with Gasteiger partial charge in [-0.1, -0.05) is 24.3 Å². The van der Waals surface area contributed by atoms with Gasteiger partial charge in [0.1, 0.15) is 0 Å². The molecule has 0 fully saturated rings. The molecule has 1 aliphatic carbocycles. The van der Waals surface area contributed by atoms with Crippen molar-refractivity contribution in [3.63, 3.8) is 0 Å². The third-order valence-electron chi connectivity index (χ3n) is 4.80. The van der Waals surface area contributed by atoms with Gasteiger partial charge < -0.3 is 5.32 Å². The second kappa shape index (κ2) is 6.16. The van der Waals surface area contributed by atoms with Crippen LogP contribution in [0.2, 0.25) is 0 Å². The molecule has 3 rings (SSSR count). The van der Waals surface area contributed by atoms with Crippen LogP contribution in [0.15, 0.2) is 24.3 Å². The number of fused-ring (bicyclic) bond motifs is 1. The minimum absolute atomic E-state index is 0.0103. The van der Waals surface area contributed by atoms with E-state index < -0.39 is 0 Å². The molecule has 5 heteroatoms. The molecule has 5 nitrogen and oxygen atoms in total. The van der Waals surface area contributed by atoms with Crippen LogP contribution in [0.1, 0.15) is 35.0 Å². The van der Waals surface area contributed by atoms with Crippen LogP contribution in [0.4, 0.5) is 5.69 Å². The second-order valence-corrected chi connectivity index (χ2v) is 6.39. The lowest BCUT2D eigenvalue weighted by atomic mass is 10.1. The van der Waals surface area contributed by atoms with Gasteiger partial charge in [0.05, 0.1) is 23.6 Å². The predicted octanol–water partition coefficient (Wildman–Crippen LogP) is 2.59. The number of hydrogen-bond acceptors (Lipinski definition) is 3.